The monoisotopic (exact) mass is 381 g/mol. The fourth-order valence-electron chi connectivity index (χ4n) is 2.69. The van der Waals surface area contributed by atoms with Crippen LogP contribution in [0.5, 0.6) is 0 Å². The molecule has 1 heterocycles. The van der Waals surface area contributed by atoms with E-state index in [0.717, 1.165) is 16.3 Å². The van der Waals surface area contributed by atoms with Crippen LogP contribution in [0, 0.1) is 17.2 Å². The van der Waals surface area contributed by atoms with Gasteiger partial charge < -0.3 is 5.32 Å². The normalized spacial score (nSPS) is 12.8. The molecule has 0 aliphatic carbocycles. The number of amides is 1. The number of thioether (sulfide) groups is 1. The molecule has 0 bridgehead atoms. The molecule has 136 valence electrons. The zero-order chi connectivity index (χ0) is 18.4. The van der Waals surface area contributed by atoms with E-state index in [0.29, 0.717) is 23.2 Å². The van der Waals surface area contributed by atoms with Crippen molar-refractivity contribution in [3.05, 3.63) is 35.6 Å². The number of hydrogen-bond acceptors (Lipinski definition) is 5. The molecule has 1 atom stereocenters. The molecule has 0 fully saturated rings. The Balaban J connectivity index is 1.81. The highest BCUT2D eigenvalue weighted by atomic mass is 32.2. The SMILES string of the molecule is C[C@@H](CC(=O)Nc1nnc(SCc2cccc(F)c2)s1)CC(C)(C)C. The van der Waals surface area contributed by atoms with Crippen LogP contribution in [0.1, 0.15) is 46.1 Å². The van der Waals surface area contributed by atoms with Crippen LogP contribution in [0.25, 0.3) is 0 Å². The van der Waals surface area contributed by atoms with Crippen molar-refractivity contribution < 1.29 is 9.18 Å². The molecule has 25 heavy (non-hydrogen) atoms. The van der Waals surface area contributed by atoms with Crippen molar-refractivity contribution in [3.8, 4) is 0 Å². The Morgan fingerprint density at radius 3 is 2.80 bits per heavy atom. The van der Waals surface area contributed by atoms with Gasteiger partial charge in [-0.2, -0.15) is 0 Å². The van der Waals surface area contributed by atoms with Gasteiger partial charge in [-0.05, 0) is 35.4 Å². The van der Waals surface area contributed by atoms with Crippen molar-refractivity contribution in [2.75, 3.05) is 5.32 Å². The average Bonchev–Trinajstić information content (AvgIpc) is 2.90. The number of rotatable bonds is 7. The standard InChI is InChI=1S/C18H24FN3OS2/c1-12(10-18(2,3)4)8-15(23)20-16-21-22-17(25-16)24-11-13-6-5-7-14(19)9-13/h5-7,9,12H,8,10-11H2,1-4H3,(H,20,21,23)/t12-/m0/s1. The summed E-state index contributed by atoms with van der Waals surface area (Å²) < 4.78 is 13.9. The van der Waals surface area contributed by atoms with Crippen LogP contribution in [0.2, 0.25) is 0 Å². The van der Waals surface area contributed by atoms with Crippen LogP contribution in [-0.4, -0.2) is 16.1 Å². The van der Waals surface area contributed by atoms with Gasteiger partial charge in [-0.3, -0.25) is 4.79 Å². The molecule has 1 aromatic heterocycles. The van der Waals surface area contributed by atoms with Crippen molar-refractivity contribution in [2.24, 2.45) is 11.3 Å². The molecule has 1 amide bonds. The van der Waals surface area contributed by atoms with E-state index < -0.39 is 0 Å². The number of nitrogens with one attached hydrogen (secondary N) is 1. The van der Waals surface area contributed by atoms with E-state index in [2.05, 4.69) is 43.2 Å². The van der Waals surface area contributed by atoms with Crippen LogP contribution < -0.4 is 5.32 Å². The molecule has 0 saturated heterocycles. The van der Waals surface area contributed by atoms with E-state index in [9.17, 15) is 9.18 Å². The van der Waals surface area contributed by atoms with Gasteiger partial charge in [-0.25, -0.2) is 4.39 Å². The Kier molecular flexibility index (Phi) is 6.95. The van der Waals surface area contributed by atoms with Crippen molar-refractivity contribution in [2.45, 2.75) is 50.6 Å². The van der Waals surface area contributed by atoms with Gasteiger partial charge in [0.15, 0.2) is 4.34 Å². The van der Waals surface area contributed by atoms with Crippen molar-refractivity contribution in [3.63, 3.8) is 0 Å². The van der Waals surface area contributed by atoms with E-state index in [1.807, 2.05) is 6.07 Å². The highest BCUT2D eigenvalue weighted by molar-refractivity contribution is 8.00. The third kappa shape index (κ3) is 7.52. The number of carbonyl (C=O) groups excluding carboxylic acids is 1. The molecular formula is C18H24FN3OS2. The second kappa shape index (κ2) is 8.76. The molecule has 2 rings (SSSR count). The van der Waals surface area contributed by atoms with Gasteiger partial charge in [0.2, 0.25) is 11.0 Å². The number of carbonyl (C=O) groups is 1. The topological polar surface area (TPSA) is 54.9 Å². The van der Waals surface area contributed by atoms with Crippen LogP contribution in [0.15, 0.2) is 28.6 Å². The summed E-state index contributed by atoms with van der Waals surface area (Å²) >= 11 is 2.82. The summed E-state index contributed by atoms with van der Waals surface area (Å²) in [5.74, 6) is 0.653. The number of halogens is 1. The van der Waals surface area contributed by atoms with Gasteiger partial charge >= 0.3 is 0 Å². The Morgan fingerprint density at radius 1 is 1.36 bits per heavy atom. The van der Waals surface area contributed by atoms with Gasteiger partial charge in [0.1, 0.15) is 5.82 Å². The zero-order valence-electron chi connectivity index (χ0n) is 15.0. The van der Waals surface area contributed by atoms with Crippen molar-refractivity contribution in [1.82, 2.24) is 10.2 Å². The minimum atomic E-state index is -0.243. The summed E-state index contributed by atoms with van der Waals surface area (Å²) in [7, 11) is 0. The third-order valence-electron chi connectivity index (χ3n) is 3.40. The maximum absolute atomic E-state index is 13.2. The molecule has 2 aromatic rings. The number of hydrogen-bond donors (Lipinski definition) is 1. The lowest BCUT2D eigenvalue weighted by atomic mass is 9.84. The summed E-state index contributed by atoms with van der Waals surface area (Å²) in [4.78, 5) is 12.1. The van der Waals surface area contributed by atoms with Crippen molar-refractivity contribution >= 4 is 34.1 Å². The zero-order valence-corrected chi connectivity index (χ0v) is 16.6. The number of benzene rings is 1. The molecule has 0 unspecified atom stereocenters. The Morgan fingerprint density at radius 2 is 2.12 bits per heavy atom. The minimum absolute atomic E-state index is 0.0328. The first-order valence-electron chi connectivity index (χ1n) is 8.22. The first kappa shape index (κ1) is 19.8. The Hall–Kier alpha value is -1.47. The quantitative estimate of drug-likeness (QED) is 0.517. The first-order valence-corrected chi connectivity index (χ1v) is 10.0. The maximum Gasteiger partial charge on any atom is 0.226 e. The lowest BCUT2D eigenvalue weighted by Crippen LogP contribution is -2.18. The molecular weight excluding hydrogens is 357 g/mol. The van der Waals surface area contributed by atoms with Gasteiger partial charge in [-0.15, -0.1) is 10.2 Å². The molecule has 7 heteroatoms. The van der Waals surface area contributed by atoms with Gasteiger partial charge in [0.25, 0.3) is 0 Å². The summed E-state index contributed by atoms with van der Waals surface area (Å²) in [6, 6.07) is 6.49. The lowest BCUT2D eigenvalue weighted by molar-refractivity contribution is -0.117. The molecule has 0 aliphatic rings. The summed E-state index contributed by atoms with van der Waals surface area (Å²) in [5.41, 5.74) is 1.10. The van der Waals surface area contributed by atoms with Gasteiger partial charge in [0.05, 0.1) is 0 Å². The fraction of sp³-hybridized carbons (Fsp3) is 0.500. The van der Waals surface area contributed by atoms with Crippen LogP contribution in [0.3, 0.4) is 0 Å². The average molecular weight is 382 g/mol. The van der Waals surface area contributed by atoms with E-state index in [1.165, 1.54) is 35.2 Å². The number of nitrogens with zero attached hydrogens (tertiary/aromatic N) is 2. The Bertz CT molecular complexity index is 712. The predicted molar refractivity (Wildman–Crippen MR) is 102 cm³/mol. The molecule has 1 aromatic carbocycles. The smallest absolute Gasteiger partial charge is 0.226 e. The second-order valence-electron chi connectivity index (χ2n) is 7.41. The largest absolute Gasteiger partial charge is 0.300 e. The molecule has 0 aliphatic heterocycles. The third-order valence-corrected chi connectivity index (χ3v) is 5.44. The van der Waals surface area contributed by atoms with Crippen LogP contribution >= 0.6 is 23.1 Å². The van der Waals surface area contributed by atoms with E-state index in [-0.39, 0.29) is 17.1 Å². The Labute approximate surface area is 156 Å². The molecule has 0 spiro atoms. The summed E-state index contributed by atoms with van der Waals surface area (Å²) in [6.07, 6.45) is 1.47. The lowest BCUT2D eigenvalue weighted by Gasteiger charge is -2.22. The van der Waals surface area contributed by atoms with Gasteiger partial charge in [0, 0.05) is 12.2 Å². The minimum Gasteiger partial charge on any atom is -0.300 e. The van der Waals surface area contributed by atoms with E-state index >= 15 is 0 Å². The molecule has 0 saturated carbocycles. The van der Waals surface area contributed by atoms with Gasteiger partial charge in [-0.1, -0.05) is 62.9 Å². The summed E-state index contributed by atoms with van der Waals surface area (Å²) in [5, 5.41) is 11.4. The maximum atomic E-state index is 13.2. The highest BCUT2D eigenvalue weighted by Gasteiger charge is 2.18. The second-order valence-corrected chi connectivity index (χ2v) is 9.61. The summed E-state index contributed by atoms with van der Waals surface area (Å²) in [6.45, 7) is 8.61. The number of aromatic nitrogens is 2. The molecule has 4 nitrogen and oxygen atoms in total. The highest BCUT2D eigenvalue weighted by Crippen LogP contribution is 2.29. The fourth-order valence-corrected chi connectivity index (χ4v) is 4.41. The van der Waals surface area contributed by atoms with E-state index in [1.54, 1.807) is 6.07 Å². The molecule has 1 N–H and O–H groups in total. The predicted octanol–water partition coefficient (Wildman–Crippen LogP) is 5.37. The van der Waals surface area contributed by atoms with Crippen LogP contribution in [-0.2, 0) is 10.5 Å². The number of anilines is 1. The van der Waals surface area contributed by atoms with E-state index in [4.69, 9.17) is 0 Å². The van der Waals surface area contributed by atoms with Crippen molar-refractivity contribution in [1.29, 1.82) is 0 Å². The van der Waals surface area contributed by atoms with Crippen LogP contribution in [0.4, 0.5) is 9.52 Å². The first-order chi connectivity index (χ1) is 11.7. The molecule has 0 radical (unpaired) electrons.